The SMILES string of the molecule is Cc1ccc(-n2c(O)c(/C=N/NC(=O)c3cccc(S(=O)(=O)Nc4ccccc4Cl)c3)c3ccccc3c2=O)cc1. The number of aromatic nitrogens is 1. The number of hydrogen-bond donors (Lipinski definition) is 3. The summed E-state index contributed by atoms with van der Waals surface area (Å²) in [6.45, 7) is 1.91. The fourth-order valence-corrected chi connectivity index (χ4v) is 5.56. The Labute approximate surface area is 240 Å². The van der Waals surface area contributed by atoms with Crippen molar-refractivity contribution in [1.29, 1.82) is 0 Å². The van der Waals surface area contributed by atoms with Gasteiger partial charge in [0, 0.05) is 16.3 Å². The molecule has 9 nitrogen and oxygen atoms in total. The Bertz CT molecular complexity index is 1990. The van der Waals surface area contributed by atoms with E-state index in [0.29, 0.717) is 16.5 Å². The van der Waals surface area contributed by atoms with Crippen LogP contribution in [0.25, 0.3) is 16.5 Å². The van der Waals surface area contributed by atoms with E-state index in [4.69, 9.17) is 11.6 Å². The van der Waals surface area contributed by atoms with E-state index in [1.54, 1.807) is 54.6 Å². The Balaban J connectivity index is 1.44. The van der Waals surface area contributed by atoms with E-state index in [1.165, 1.54) is 41.1 Å². The average Bonchev–Trinajstić information content (AvgIpc) is 2.97. The molecule has 0 saturated carbocycles. The zero-order chi connectivity index (χ0) is 29.1. The van der Waals surface area contributed by atoms with Crippen LogP contribution >= 0.6 is 11.6 Å². The Kier molecular flexibility index (Phi) is 7.60. The number of nitrogens with one attached hydrogen (secondary N) is 2. The van der Waals surface area contributed by atoms with E-state index in [0.717, 1.165) is 5.56 Å². The molecule has 0 fully saturated rings. The van der Waals surface area contributed by atoms with Gasteiger partial charge in [0.1, 0.15) is 0 Å². The lowest BCUT2D eigenvalue weighted by atomic mass is 10.1. The van der Waals surface area contributed by atoms with E-state index in [2.05, 4.69) is 15.2 Å². The highest BCUT2D eigenvalue weighted by Crippen LogP contribution is 2.26. The molecule has 0 aliphatic rings. The van der Waals surface area contributed by atoms with Crippen LogP contribution in [0.2, 0.25) is 5.02 Å². The maximum atomic E-state index is 13.2. The molecule has 1 heterocycles. The highest BCUT2D eigenvalue weighted by atomic mass is 35.5. The number of pyridine rings is 1. The summed E-state index contributed by atoms with van der Waals surface area (Å²) in [5.41, 5.74) is 3.84. The zero-order valence-corrected chi connectivity index (χ0v) is 23.1. The van der Waals surface area contributed by atoms with E-state index in [-0.39, 0.29) is 32.6 Å². The van der Waals surface area contributed by atoms with Crippen LogP contribution in [0, 0.1) is 6.92 Å². The third kappa shape index (κ3) is 5.69. The van der Waals surface area contributed by atoms with Crippen molar-refractivity contribution in [3.05, 3.63) is 129 Å². The van der Waals surface area contributed by atoms with Crippen LogP contribution in [-0.4, -0.2) is 30.2 Å². The lowest BCUT2D eigenvalue weighted by molar-refractivity contribution is 0.0955. The van der Waals surface area contributed by atoms with Gasteiger partial charge in [0.15, 0.2) is 0 Å². The molecule has 3 N–H and O–H groups in total. The molecule has 0 aliphatic heterocycles. The number of sulfonamides is 1. The number of aryl methyl sites for hydroxylation is 1. The first-order valence-corrected chi connectivity index (χ1v) is 14.2. The molecule has 0 spiro atoms. The minimum Gasteiger partial charge on any atom is -0.494 e. The van der Waals surface area contributed by atoms with Crippen molar-refractivity contribution in [3.63, 3.8) is 0 Å². The van der Waals surface area contributed by atoms with Gasteiger partial charge < -0.3 is 5.11 Å². The number of halogens is 1. The lowest BCUT2D eigenvalue weighted by Gasteiger charge is -2.14. The van der Waals surface area contributed by atoms with Gasteiger partial charge in [-0.25, -0.2) is 18.4 Å². The van der Waals surface area contributed by atoms with Crippen molar-refractivity contribution >= 4 is 50.2 Å². The van der Waals surface area contributed by atoms with Crippen LogP contribution in [0.3, 0.4) is 0 Å². The molecule has 0 bridgehead atoms. The summed E-state index contributed by atoms with van der Waals surface area (Å²) in [5, 5.41) is 16.1. The van der Waals surface area contributed by atoms with Crippen LogP contribution in [-0.2, 0) is 10.0 Å². The Morgan fingerprint density at radius 1 is 0.927 bits per heavy atom. The van der Waals surface area contributed by atoms with Gasteiger partial charge in [-0.1, -0.05) is 65.7 Å². The van der Waals surface area contributed by atoms with Crippen LogP contribution in [0.4, 0.5) is 5.69 Å². The van der Waals surface area contributed by atoms with Gasteiger partial charge in [-0.05, 0) is 55.5 Å². The number of anilines is 1. The second-order valence-electron chi connectivity index (χ2n) is 9.07. The number of benzene rings is 4. The number of carbonyl (C=O) groups is 1. The monoisotopic (exact) mass is 586 g/mol. The molecule has 1 amide bonds. The smallest absolute Gasteiger partial charge is 0.271 e. The number of amides is 1. The number of aromatic hydroxyl groups is 1. The van der Waals surface area contributed by atoms with Crippen molar-refractivity contribution in [1.82, 2.24) is 9.99 Å². The Hall–Kier alpha value is -4.93. The fourth-order valence-electron chi connectivity index (χ4n) is 4.19. The lowest BCUT2D eigenvalue weighted by Crippen LogP contribution is -2.21. The van der Waals surface area contributed by atoms with Crippen LogP contribution < -0.4 is 15.7 Å². The third-order valence-electron chi connectivity index (χ3n) is 6.28. The van der Waals surface area contributed by atoms with Gasteiger partial charge in [-0.15, -0.1) is 0 Å². The van der Waals surface area contributed by atoms with Crippen molar-refractivity contribution in [3.8, 4) is 11.6 Å². The highest BCUT2D eigenvalue weighted by molar-refractivity contribution is 7.92. The van der Waals surface area contributed by atoms with E-state index in [1.807, 2.05) is 19.1 Å². The number of rotatable bonds is 7. The van der Waals surface area contributed by atoms with Crippen molar-refractivity contribution in [2.24, 2.45) is 5.10 Å². The second kappa shape index (κ2) is 11.3. The third-order valence-corrected chi connectivity index (χ3v) is 7.97. The molecule has 5 rings (SSSR count). The van der Waals surface area contributed by atoms with Gasteiger partial charge in [0.05, 0.1) is 33.1 Å². The molecule has 0 saturated heterocycles. The summed E-state index contributed by atoms with van der Waals surface area (Å²) < 4.78 is 29.4. The highest BCUT2D eigenvalue weighted by Gasteiger charge is 2.19. The van der Waals surface area contributed by atoms with Crippen LogP contribution in [0.1, 0.15) is 21.5 Å². The molecule has 0 unspecified atom stereocenters. The molecule has 4 aromatic carbocycles. The average molecular weight is 587 g/mol. The minimum absolute atomic E-state index is 0.0305. The van der Waals surface area contributed by atoms with Crippen LogP contribution in [0.5, 0.6) is 5.88 Å². The predicted octanol–water partition coefficient (Wildman–Crippen LogP) is 5.22. The van der Waals surface area contributed by atoms with E-state index in [9.17, 15) is 23.1 Å². The Morgan fingerprint density at radius 2 is 1.61 bits per heavy atom. The fraction of sp³-hybridized carbons (Fsp3) is 0.0333. The topological polar surface area (TPSA) is 130 Å². The first-order chi connectivity index (χ1) is 19.7. The molecular formula is C30H23ClN4O5S. The van der Waals surface area contributed by atoms with Crippen molar-refractivity contribution in [2.75, 3.05) is 4.72 Å². The number of nitrogens with zero attached hydrogens (tertiary/aromatic N) is 2. The zero-order valence-electron chi connectivity index (χ0n) is 21.6. The van der Waals surface area contributed by atoms with Crippen molar-refractivity contribution in [2.45, 2.75) is 11.8 Å². The summed E-state index contributed by atoms with van der Waals surface area (Å²) in [4.78, 5) is 25.9. The normalized spacial score (nSPS) is 11.6. The molecule has 5 aromatic rings. The van der Waals surface area contributed by atoms with Gasteiger partial charge in [0.2, 0.25) is 5.88 Å². The molecule has 11 heteroatoms. The van der Waals surface area contributed by atoms with Gasteiger partial charge >= 0.3 is 0 Å². The quantitative estimate of drug-likeness (QED) is 0.178. The number of para-hydroxylation sites is 1. The standard InChI is InChI=1S/C30H23ClN4O5S/c1-19-13-15-21(16-14-19)35-29(37)24-10-3-2-9-23(24)25(30(35)38)18-32-33-28(36)20-7-6-8-22(17-20)41(39,40)34-27-12-5-4-11-26(27)31/h2-18,34,38H,1H3,(H,33,36)/b32-18+. The maximum Gasteiger partial charge on any atom is 0.271 e. The Morgan fingerprint density at radius 3 is 2.34 bits per heavy atom. The summed E-state index contributed by atoms with van der Waals surface area (Å²) in [5.74, 6) is -1.04. The molecule has 0 atom stereocenters. The predicted molar refractivity (Wildman–Crippen MR) is 160 cm³/mol. The number of fused-ring (bicyclic) bond motifs is 1. The molecule has 1 aromatic heterocycles. The molecule has 206 valence electrons. The second-order valence-corrected chi connectivity index (χ2v) is 11.2. The maximum absolute atomic E-state index is 13.2. The summed E-state index contributed by atoms with van der Waals surface area (Å²) >= 11 is 6.07. The number of carbonyl (C=O) groups excluding carboxylic acids is 1. The first-order valence-electron chi connectivity index (χ1n) is 12.3. The van der Waals surface area contributed by atoms with E-state index >= 15 is 0 Å². The number of hydrazone groups is 1. The van der Waals surface area contributed by atoms with Crippen molar-refractivity contribution < 1.29 is 18.3 Å². The summed E-state index contributed by atoms with van der Waals surface area (Å²) in [6.07, 6.45) is 1.24. The molecule has 41 heavy (non-hydrogen) atoms. The molecular weight excluding hydrogens is 564 g/mol. The van der Waals surface area contributed by atoms with Gasteiger partial charge in [0.25, 0.3) is 21.5 Å². The molecule has 0 aliphatic carbocycles. The van der Waals surface area contributed by atoms with Gasteiger partial charge in [-0.3, -0.25) is 14.3 Å². The summed E-state index contributed by atoms with van der Waals surface area (Å²) in [6, 6.07) is 25.6. The largest absolute Gasteiger partial charge is 0.494 e. The number of hydrogen-bond acceptors (Lipinski definition) is 6. The van der Waals surface area contributed by atoms with Gasteiger partial charge in [-0.2, -0.15) is 5.10 Å². The first kappa shape index (κ1) is 27.6. The molecule has 0 radical (unpaired) electrons. The minimum atomic E-state index is -4.04. The van der Waals surface area contributed by atoms with Crippen LogP contribution in [0.15, 0.2) is 112 Å². The summed E-state index contributed by atoms with van der Waals surface area (Å²) in [7, 11) is -4.04. The van der Waals surface area contributed by atoms with E-state index < -0.39 is 21.5 Å².